The van der Waals surface area contributed by atoms with E-state index < -0.39 is 0 Å². The van der Waals surface area contributed by atoms with Gasteiger partial charge in [-0.05, 0) is 37.8 Å². The highest BCUT2D eigenvalue weighted by atomic mass is 16.5. The molecule has 1 aromatic rings. The van der Waals surface area contributed by atoms with Crippen LogP contribution in [0.4, 0.5) is 0 Å². The number of aromatic hydroxyl groups is 2. The number of ether oxygens (including phenoxy) is 1. The lowest BCUT2D eigenvalue weighted by Crippen LogP contribution is -1.94. The molecule has 3 N–H and O–H groups in total. The molecule has 22 heavy (non-hydrogen) atoms. The number of phenols is 2. The van der Waals surface area contributed by atoms with Crippen molar-refractivity contribution < 1.29 is 20.1 Å². The molecule has 0 unspecified atom stereocenters. The van der Waals surface area contributed by atoms with Crippen LogP contribution in [0.1, 0.15) is 62.5 Å². The highest BCUT2D eigenvalue weighted by molar-refractivity contribution is 5.57. The lowest BCUT2D eigenvalue weighted by atomic mass is 9.99. The van der Waals surface area contributed by atoms with Crippen LogP contribution in [0.2, 0.25) is 0 Å². The van der Waals surface area contributed by atoms with Crippen molar-refractivity contribution in [3.05, 3.63) is 17.2 Å². The number of phenolic OH excluding ortho intramolecular Hbond substituents is 2. The monoisotopic (exact) mass is 310 g/mol. The van der Waals surface area contributed by atoms with Crippen molar-refractivity contribution in [2.45, 2.75) is 64.7 Å². The van der Waals surface area contributed by atoms with Crippen molar-refractivity contribution >= 4 is 0 Å². The summed E-state index contributed by atoms with van der Waals surface area (Å²) < 4.78 is 5.03. The van der Waals surface area contributed by atoms with Crippen LogP contribution in [-0.4, -0.2) is 29.0 Å². The summed E-state index contributed by atoms with van der Waals surface area (Å²) in [5, 5.41) is 28.6. The van der Waals surface area contributed by atoms with Crippen LogP contribution in [0.25, 0.3) is 0 Å². The molecule has 126 valence electrons. The van der Waals surface area contributed by atoms with Gasteiger partial charge in [0.15, 0.2) is 11.5 Å². The number of hydrogen-bond acceptors (Lipinski definition) is 4. The number of methoxy groups -OCH3 is 1. The molecule has 4 nitrogen and oxygen atoms in total. The highest BCUT2D eigenvalue weighted by Crippen LogP contribution is 2.40. The summed E-state index contributed by atoms with van der Waals surface area (Å²) in [5.74, 6) is 0.120. The van der Waals surface area contributed by atoms with Crippen molar-refractivity contribution in [1.29, 1.82) is 0 Å². The van der Waals surface area contributed by atoms with E-state index in [0.29, 0.717) is 12.4 Å². The predicted molar refractivity (Wildman–Crippen MR) is 88.8 cm³/mol. The number of aryl methyl sites for hydroxylation is 1. The zero-order chi connectivity index (χ0) is 16.4. The van der Waals surface area contributed by atoms with Crippen LogP contribution in [-0.2, 0) is 6.42 Å². The van der Waals surface area contributed by atoms with Gasteiger partial charge < -0.3 is 20.1 Å². The Kier molecular flexibility index (Phi) is 8.75. The minimum atomic E-state index is -0.160. The van der Waals surface area contributed by atoms with E-state index in [1.54, 1.807) is 6.07 Å². The summed E-state index contributed by atoms with van der Waals surface area (Å²) in [7, 11) is 1.48. The second kappa shape index (κ2) is 10.3. The number of benzene rings is 1. The average Bonchev–Trinajstić information content (AvgIpc) is 2.52. The van der Waals surface area contributed by atoms with Crippen LogP contribution in [0.5, 0.6) is 17.2 Å². The lowest BCUT2D eigenvalue weighted by Gasteiger charge is -2.13. The topological polar surface area (TPSA) is 69.9 Å². The predicted octanol–water partition coefficient (Wildman–Crippen LogP) is 4.07. The number of hydrogen-bond donors (Lipinski definition) is 3. The van der Waals surface area contributed by atoms with Gasteiger partial charge in [0.2, 0.25) is 5.75 Å². The van der Waals surface area contributed by atoms with Gasteiger partial charge in [0.25, 0.3) is 0 Å². The maximum atomic E-state index is 10.1. The molecule has 0 heterocycles. The van der Waals surface area contributed by atoms with E-state index in [-0.39, 0.29) is 11.5 Å². The lowest BCUT2D eigenvalue weighted by molar-refractivity contribution is 0.282. The molecule has 1 aromatic carbocycles. The second-order valence-corrected chi connectivity index (χ2v) is 5.87. The molecule has 0 aliphatic carbocycles. The fourth-order valence-corrected chi connectivity index (χ4v) is 2.74. The van der Waals surface area contributed by atoms with Gasteiger partial charge in [-0.15, -0.1) is 0 Å². The Balaban J connectivity index is 2.29. The minimum absolute atomic E-state index is 0.0409. The van der Waals surface area contributed by atoms with Gasteiger partial charge in [0.05, 0.1) is 7.11 Å². The fourth-order valence-electron chi connectivity index (χ4n) is 2.74. The second-order valence-electron chi connectivity index (χ2n) is 5.87. The van der Waals surface area contributed by atoms with E-state index in [1.165, 1.54) is 32.8 Å². The van der Waals surface area contributed by atoms with Crippen molar-refractivity contribution in [3.8, 4) is 17.2 Å². The molecule has 0 saturated carbocycles. The number of rotatable bonds is 11. The molecule has 0 fully saturated rings. The van der Waals surface area contributed by atoms with Crippen molar-refractivity contribution in [2.24, 2.45) is 0 Å². The van der Waals surface area contributed by atoms with E-state index in [0.717, 1.165) is 43.2 Å². The molecule has 0 spiro atoms. The quantitative estimate of drug-likeness (QED) is 0.425. The van der Waals surface area contributed by atoms with Gasteiger partial charge >= 0.3 is 0 Å². The Hall–Kier alpha value is -1.42. The molecule has 0 aliphatic rings. The summed E-state index contributed by atoms with van der Waals surface area (Å²) >= 11 is 0. The van der Waals surface area contributed by atoms with Crippen molar-refractivity contribution in [1.82, 2.24) is 0 Å². The van der Waals surface area contributed by atoms with Crippen molar-refractivity contribution in [3.63, 3.8) is 0 Å². The first-order valence-electron chi connectivity index (χ1n) is 8.31. The Labute approximate surface area is 133 Å². The summed E-state index contributed by atoms with van der Waals surface area (Å²) in [4.78, 5) is 0. The van der Waals surface area contributed by atoms with Gasteiger partial charge in [-0.2, -0.15) is 0 Å². The normalized spacial score (nSPS) is 10.9. The maximum absolute atomic E-state index is 10.1. The third-order valence-electron chi connectivity index (χ3n) is 4.12. The Morgan fingerprint density at radius 3 is 1.95 bits per heavy atom. The Bertz CT molecular complexity index is 443. The van der Waals surface area contributed by atoms with Crippen molar-refractivity contribution in [2.75, 3.05) is 13.7 Å². The van der Waals surface area contributed by atoms with Crippen LogP contribution < -0.4 is 4.74 Å². The number of aliphatic hydroxyl groups excluding tert-OH is 1. The first-order chi connectivity index (χ1) is 10.6. The molecule has 0 atom stereocenters. The van der Waals surface area contributed by atoms with E-state index in [4.69, 9.17) is 9.84 Å². The first-order valence-corrected chi connectivity index (χ1v) is 8.31. The van der Waals surface area contributed by atoms with E-state index in [1.807, 2.05) is 6.92 Å². The van der Waals surface area contributed by atoms with Crippen LogP contribution in [0.3, 0.4) is 0 Å². The van der Waals surface area contributed by atoms with Gasteiger partial charge in [0, 0.05) is 12.2 Å². The first kappa shape index (κ1) is 18.6. The van der Waals surface area contributed by atoms with Gasteiger partial charge in [-0.25, -0.2) is 0 Å². The zero-order valence-corrected chi connectivity index (χ0v) is 13.9. The number of unbranched alkanes of at least 4 members (excludes halogenated alkanes) is 7. The molecule has 0 aromatic heterocycles. The van der Waals surface area contributed by atoms with Crippen LogP contribution in [0.15, 0.2) is 6.07 Å². The summed E-state index contributed by atoms with van der Waals surface area (Å²) in [6.07, 6.45) is 9.81. The Morgan fingerprint density at radius 2 is 1.41 bits per heavy atom. The maximum Gasteiger partial charge on any atom is 0.200 e. The molecule has 0 saturated heterocycles. The van der Waals surface area contributed by atoms with E-state index >= 15 is 0 Å². The molecule has 0 amide bonds. The van der Waals surface area contributed by atoms with E-state index in [9.17, 15) is 10.2 Å². The summed E-state index contributed by atoms with van der Waals surface area (Å²) in [6, 6.07) is 1.77. The molecule has 0 radical (unpaired) electrons. The van der Waals surface area contributed by atoms with Crippen LogP contribution >= 0.6 is 0 Å². The largest absolute Gasteiger partial charge is 0.504 e. The van der Waals surface area contributed by atoms with E-state index in [2.05, 4.69) is 0 Å². The summed E-state index contributed by atoms with van der Waals surface area (Å²) in [5.41, 5.74) is 1.78. The third-order valence-corrected chi connectivity index (χ3v) is 4.12. The van der Waals surface area contributed by atoms with Gasteiger partial charge in [-0.3, -0.25) is 0 Å². The average molecular weight is 310 g/mol. The molecule has 1 rings (SSSR count). The highest BCUT2D eigenvalue weighted by Gasteiger charge is 2.15. The standard InChI is InChI=1S/C18H30O4/c1-14-13-16(22-2)18(21)17(20)15(14)11-9-7-5-3-4-6-8-10-12-19/h13,19-21H,3-12H2,1-2H3. The number of aliphatic hydroxyl groups is 1. The fraction of sp³-hybridized carbons (Fsp3) is 0.667. The molecular formula is C18H30O4. The smallest absolute Gasteiger partial charge is 0.200 e. The molecule has 4 heteroatoms. The molecule has 0 bridgehead atoms. The van der Waals surface area contributed by atoms with Gasteiger partial charge in [0.1, 0.15) is 0 Å². The van der Waals surface area contributed by atoms with Gasteiger partial charge in [-0.1, -0.05) is 38.5 Å². The SMILES string of the molecule is COc1cc(C)c(CCCCCCCCCCO)c(O)c1O. The summed E-state index contributed by atoms with van der Waals surface area (Å²) in [6.45, 7) is 2.23. The molecule has 0 aliphatic heterocycles. The third kappa shape index (κ3) is 5.76. The van der Waals surface area contributed by atoms with Crippen LogP contribution in [0, 0.1) is 6.92 Å². The minimum Gasteiger partial charge on any atom is -0.504 e. The molecular weight excluding hydrogens is 280 g/mol. The zero-order valence-electron chi connectivity index (χ0n) is 13.9. The Morgan fingerprint density at radius 1 is 0.864 bits per heavy atom.